The molecule has 1 N–H and O–H groups in total. The van der Waals surface area contributed by atoms with Crippen molar-refractivity contribution < 1.29 is 9.68 Å². The van der Waals surface area contributed by atoms with Crippen molar-refractivity contribution in [1.82, 2.24) is 0 Å². The molecule has 2 nitrogen and oxygen atoms in total. The van der Waals surface area contributed by atoms with Gasteiger partial charge in [-0.1, -0.05) is 78.9 Å². The maximum absolute atomic E-state index is 9.03. The summed E-state index contributed by atoms with van der Waals surface area (Å²) in [4.78, 5) is 0. The Morgan fingerprint density at radius 1 is 0.552 bits per heavy atom. The first-order valence-electron chi connectivity index (χ1n) is 9.66. The molecule has 1 aliphatic rings. The fraction of sp³-hybridized carbons (Fsp3) is 0. The van der Waals surface area contributed by atoms with Gasteiger partial charge < -0.3 is 9.68 Å². The molecule has 0 unspecified atom stereocenters. The molecule has 0 heterocycles. The lowest BCUT2D eigenvalue weighted by atomic mass is 9.91. The Kier molecular flexibility index (Phi) is 3.52. The first-order valence-corrected chi connectivity index (χ1v) is 9.66. The zero-order valence-electron chi connectivity index (χ0n) is 15.6. The summed E-state index contributed by atoms with van der Waals surface area (Å²) in [6.45, 7) is 0. The van der Waals surface area contributed by atoms with E-state index in [2.05, 4.69) is 72.8 Å². The van der Waals surface area contributed by atoms with Crippen LogP contribution in [-0.2, 0) is 0 Å². The Morgan fingerprint density at radius 2 is 1.21 bits per heavy atom. The van der Waals surface area contributed by atoms with E-state index in [1.54, 1.807) is 0 Å². The summed E-state index contributed by atoms with van der Waals surface area (Å²) in [5.41, 5.74) is 7.57. The minimum atomic E-state index is 0.616. The molecule has 0 amide bonds. The minimum Gasteiger partial charge on any atom is -0.537 e. The molecule has 0 aromatic heterocycles. The van der Waals surface area contributed by atoms with E-state index in [0.29, 0.717) is 5.75 Å². The summed E-state index contributed by atoms with van der Waals surface area (Å²) in [7, 11) is 0.722. The number of benzene rings is 5. The average Bonchev–Trinajstić information content (AvgIpc) is 3.10. The van der Waals surface area contributed by atoms with Gasteiger partial charge in [-0.05, 0) is 67.1 Å². The second-order valence-electron chi connectivity index (χ2n) is 7.35. The fourth-order valence-electron chi connectivity index (χ4n) is 4.66. The third-order valence-corrected chi connectivity index (χ3v) is 5.88. The van der Waals surface area contributed by atoms with Crippen LogP contribution in [0.4, 0.5) is 0 Å². The molecule has 0 aliphatic heterocycles. The molecular formula is C26H16BO2. The Balaban J connectivity index is 1.67. The summed E-state index contributed by atoms with van der Waals surface area (Å²) in [5, 5.41) is 13.8. The molecule has 0 saturated heterocycles. The van der Waals surface area contributed by atoms with Gasteiger partial charge in [0.1, 0.15) is 5.75 Å². The zero-order valence-corrected chi connectivity index (χ0v) is 15.6. The first-order chi connectivity index (χ1) is 14.3. The van der Waals surface area contributed by atoms with Gasteiger partial charge in [0, 0.05) is 0 Å². The van der Waals surface area contributed by atoms with E-state index in [0.717, 1.165) is 24.0 Å². The predicted octanol–water partition coefficient (Wildman–Crippen LogP) is 6.21. The predicted molar refractivity (Wildman–Crippen MR) is 120 cm³/mol. The van der Waals surface area contributed by atoms with Gasteiger partial charge in [-0.25, -0.2) is 0 Å². The summed E-state index contributed by atoms with van der Waals surface area (Å²) in [6, 6.07) is 31.9. The van der Waals surface area contributed by atoms with E-state index >= 15 is 0 Å². The summed E-state index contributed by atoms with van der Waals surface area (Å²) in [6.07, 6.45) is 0. The highest BCUT2D eigenvalue weighted by molar-refractivity contribution is 6.20. The van der Waals surface area contributed by atoms with Crippen molar-refractivity contribution >= 4 is 29.2 Å². The van der Waals surface area contributed by atoms with Crippen LogP contribution < -0.4 is 4.65 Å². The standard InChI is InChI=1S/C26H16BO2/c28-27-29-17-12-11-16-5-3-8-20(25(16)15-17)21-13-14-24-19-7-2-1-6-18(19)22-9-4-10-23(21)26(22)24/h1-15,28H. The van der Waals surface area contributed by atoms with E-state index in [1.807, 2.05) is 18.2 Å². The quantitative estimate of drug-likeness (QED) is 0.375. The Labute approximate surface area is 169 Å². The fourth-order valence-corrected chi connectivity index (χ4v) is 4.66. The molecule has 1 radical (unpaired) electrons. The van der Waals surface area contributed by atoms with E-state index in [1.165, 1.54) is 38.6 Å². The lowest BCUT2D eigenvalue weighted by Gasteiger charge is -2.13. The lowest BCUT2D eigenvalue weighted by molar-refractivity contribution is 0.454. The van der Waals surface area contributed by atoms with Crippen molar-refractivity contribution in [1.29, 1.82) is 0 Å². The van der Waals surface area contributed by atoms with Crippen LogP contribution >= 0.6 is 0 Å². The highest BCUT2D eigenvalue weighted by Crippen LogP contribution is 2.49. The molecule has 0 fully saturated rings. The van der Waals surface area contributed by atoms with Gasteiger partial charge >= 0.3 is 7.69 Å². The second kappa shape index (κ2) is 6.23. The molecule has 0 bridgehead atoms. The van der Waals surface area contributed by atoms with Gasteiger partial charge in [0.25, 0.3) is 0 Å². The summed E-state index contributed by atoms with van der Waals surface area (Å²) < 4.78 is 5.21. The Bertz CT molecular complexity index is 1390. The van der Waals surface area contributed by atoms with Crippen LogP contribution in [0, 0.1) is 0 Å². The van der Waals surface area contributed by atoms with Crippen LogP contribution in [0.5, 0.6) is 5.75 Å². The molecule has 135 valence electrons. The van der Waals surface area contributed by atoms with Crippen LogP contribution in [0.25, 0.3) is 54.9 Å². The van der Waals surface area contributed by atoms with E-state index in [9.17, 15) is 0 Å². The van der Waals surface area contributed by atoms with Crippen molar-refractivity contribution in [2.75, 3.05) is 0 Å². The Morgan fingerprint density at radius 3 is 2.03 bits per heavy atom. The number of rotatable bonds is 3. The van der Waals surface area contributed by atoms with Crippen molar-refractivity contribution in [3.63, 3.8) is 0 Å². The minimum absolute atomic E-state index is 0.616. The molecule has 29 heavy (non-hydrogen) atoms. The molecule has 3 heteroatoms. The van der Waals surface area contributed by atoms with Gasteiger partial charge in [0.15, 0.2) is 0 Å². The smallest absolute Gasteiger partial charge is 0.537 e. The van der Waals surface area contributed by atoms with Crippen LogP contribution in [0.15, 0.2) is 91.0 Å². The highest BCUT2D eigenvalue weighted by atomic mass is 16.5. The summed E-state index contributed by atoms with van der Waals surface area (Å²) >= 11 is 0. The average molecular weight is 371 g/mol. The molecule has 0 saturated carbocycles. The summed E-state index contributed by atoms with van der Waals surface area (Å²) in [5.74, 6) is 0.616. The molecule has 0 atom stereocenters. The van der Waals surface area contributed by atoms with Gasteiger partial charge in [-0.3, -0.25) is 0 Å². The third kappa shape index (κ3) is 2.35. The number of hydrogen-bond acceptors (Lipinski definition) is 2. The second-order valence-corrected chi connectivity index (χ2v) is 7.35. The highest BCUT2D eigenvalue weighted by Gasteiger charge is 2.22. The molecule has 6 rings (SSSR count). The van der Waals surface area contributed by atoms with Crippen LogP contribution in [0.3, 0.4) is 0 Å². The van der Waals surface area contributed by atoms with Crippen molar-refractivity contribution in [3.8, 4) is 39.1 Å². The molecule has 0 spiro atoms. The molecule has 5 aromatic rings. The van der Waals surface area contributed by atoms with Crippen molar-refractivity contribution in [3.05, 3.63) is 91.0 Å². The maximum Gasteiger partial charge on any atom is 0.569 e. The lowest BCUT2D eigenvalue weighted by Crippen LogP contribution is -1.99. The van der Waals surface area contributed by atoms with E-state index < -0.39 is 0 Å². The van der Waals surface area contributed by atoms with E-state index in [4.69, 9.17) is 9.68 Å². The molecular weight excluding hydrogens is 355 g/mol. The van der Waals surface area contributed by atoms with Crippen molar-refractivity contribution in [2.24, 2.45) is 0 Å². The maximum atomic E-state index is 9.03. The number of fused-ring (bicyclic) bond motifs is 4. The first kappa shape index (κ1) is 16.4. The van der Waals surface area contributed by atoms with Gasteiger partial charge in [0.2, 0.25) is 0 Å². The topological polar surface area (TPSA) is 29.5 Å². The van der Waals surface area contributed by atoms with Crippen LogP contribution in [-0.4, -0.2) is 12.7 Å². The Hall–Kier alpha value is -3.56. The molecule has 1 aliphatic carbocycles. The van der Waals surface area contributed by atoms with Crippen LogP contribution in [0.2, 0.25) is 0 Å². The van der Waals surface area contributed by atoms with E-state index in [-0.39, 0.29) is 0 Å². The van der Waals surface area contributed by atoms with Crippen LogP contribution in [0.1, 0.15) is 0 Å². The monoisotopic (exact) mass is 371 g/mol. The zero-order chi connectivity index (χ0) is 19.4. The third-order valence-electron chi connectivity index (χ3n) is 5.88. The SMILES string of the molecule is O[B]Oc1ccc2cccc(-c3ccc4c5c(cccc35)-c3ccccc3-4)c2c1. The van der Waals surface area contributed by atoms with Gasteiger partial charge in [0.05, 0.1) is 0 Å². The molecule has 5 aromatic carbocycles. The number of hydrogen-bond donors (Lipinski definition) is 1. The van der Waals surface area contributed by atoms with Gasteiger partial charge in [-0.15, -0.1) is 0 Å². The largest absolute Gasteiger partial charge is 0.569 e. The van der Waals surface area contributed by atoms with Crippen molar-refractivity contribution in [2.45, 2.75) is 0 Å². The normalized spacial score (nSPS) is 11.6. The van der Waals surface area contributed by atoms with Gasteiger partial charge in [-0.2, -0.15) is 0 Å².